The molecule has 1 N–H and O–H groups in total. The normalized spacial score (nSPS) is 31.6. The Labute approximate surface area is 125 Å². The van der Waals surface area contributed by atoms with Crippen molar-refractivity contribution in [3.05, 3.63) is 27.1 Å². The summed E-state index contributed by atoms with van der Waals surface area (Å²) in [6.45, 7) is 0. The maximum atomic E-state index is 3.71. The van der Waals surface area contributed by atoms with Gasteiger partial charge in [0.15, 0.2) is 0 Å². The van der Waals surface area contributed by atoms with Gasteiger partial charge < -0.3 is 10.2 Å². The number of halogens is 2. The number of benzene rings is 1. The van der Waals surface area contributed by atoms with Crippen LogP contribution in [0, 0.1) is 0 Å². The monoisotopic (exact) mass is 372 g/mol. The van der Waals surface area contributed by atoms with Crippen molar-refractivity contribution in [1.29, 1.82) is 0 Å². The molecule has 0 aromatic heterocycles. The van der Waals surface area contributed by atoms with Gasteiger partial charge in [-0.15, -0.1) is 0 Å². The Hall–Kier alpha value is -0.0600. The van der Waals surface area contributed by atoms with Crippen molar-refractivity contribution in [2.24, 2.45) is 0 Å². The van der Waals surface area contributed by atoms with Crippen molar-refractivity contribution in [2.45, 2.75) is 43.8 Å². The van der Waals surface area contributed by atoms with Crippen LogP contribution in [0.5, 0.6) is 0 Å². The van der Waals surface area contributed by atoms with Crippen molar-refractivity contribution >= 4 is 37.5 Å². The predicted octanol–water partition coefficient (Wildman–Crippen LogP) is 4.25. The van der Waals surface area contributed by atoms with Crippen LogP contribution in [0.4, 0.5) is 5.69 Å². The molecule has 0 spiro atoms. The smallest absolute Gasteiger partial charge is 0.0498 e. The summed E-state index contributed by atoms with van der Waals surface area (Å²) in [5.74, 6) is 0. The maximum Gasteiger partial charge on any atom is 0.0498 e. The summed E-state index contributed by atoms with van der Waals surface area (Å²) in [6, 6.07) is 8.50. The van der Waals surface area contributed by atoms with E-state index in [1.807, 2.05) is 0 Å². The van der Waals surface area contributed by atoms with E-state index in [4.69, 9.17) is 0 Å². The van der Waals surface area contributed by atoms with Crippen molar-refractivity contribution in [3.63, 3.8) is 0 Å². The fourth-order valence-electron chi connectivity index (χ4n) is 3.36. The summed E-state index contributed by atoms with van der Waals surface area (Å²) in [5, 5.41) is 3.71. The second-order valence-electron chi connectivity index (χ2n) is 5.49. The van der Waals surface area contributed by atoms with Crippen LogP contribution < -0.4 is 5.32 Å². The number of nitrogens with zero attached hydrogens (tertiary/aromatic N) is 1. The van der Waals surface area contributed by atoms with Crippen molar-refractivity contribution in [3.8, 4) is 0 Å². The van der Waals surface area contributed by atoms with Gasteiger partial charge in [-0.05, 0) is 66.9 Å². The van der Waals surface area contributed by atoms with Crippen molar-refractivity contribution < 1.29 is 0 Å². The fourth-order valence-corrected chi connectivity index (χ4v) is 4.08. The van der Waals surface area contributed by atoms with E-state index in [0.717, 1.165) is 21.0 Å². The molecule has 2 saturated heterocycles. The van der Waals surface area contributed by atoms with Crippen LogP contribution in [-0.4, -0.2) is 30.1 Å². The first-order chi connectivity index (χ1) is 8.63. The summed E-state index contributed by atoms with van der Waals surface area (Å²) in [5.41, 5.74) is 1.21. The number of piperidine rings is 1. The minimum absolute atomic E-state index is 0.615. The molecule has 0 amide bonds. The molecule has 2 atom stereocenters. The zero-order valence-electron chi connectivity index (χ0n) is 10.5. The van der Waals surface area contributed by atoms with E-state index in [0.29, 0.717) is 6.04 Å². The molecule has 0 aliphatic carbocycles. The zero-order valence-corrected chi connectivity index (χ0v) is 13.7. The van der Waals surface area contributed by atoms with Gasteiger partial charge in [-0.2, -0.15) is 0 Å². The molecule has 1 aromatic carbocycles. The van der Waals surface area contributed by atoms with Gasteiger partial charge in [0.2, 0.25) is 0 Å². The Morgan fingerprint density at radius 2 is 1.83 bits per heavy atom. The molecule has 0 radical (unpaired) electrons. The lowest BCUT2D eigenvalue weighted by Crippen LogP contribution is -2.44. The number of fused-ring (bicyclic) bond motifs is 2. The third-order valence-corrected chi connectivity index (χ3v) is 5.57. The van der Waals surface area contributed by atoms with Gasteiger partial charge >= 0.3 is 0 Å². The molecule has 2 fully saturated rings. The molecule has 2 nitrogen and oxygen atoms in total. The summed E-state index contributed by atoms with van der Waals surface area (Å²) >= 11 is 7.16. The van der Waals surface area contributed by atoms with Gasteiger partial charge in [0, 0.05) is 32.8 Å². The number of anilines is 1. The fraction of sp³-hybridized carbons (Fsp3) is 0.571. The van der Waals surface area contributed by atoms with E-state index in [1.165, 1.54) is 31.4 Å². The van der Waals surface area contributed by atoms with E-state index >= 15 is 0 Å². The average molecular weight is 374 g/mol. The first-order valence-electron chi connectivity index (χ1n) is 6.57. The van der Waals surface area contributed by atoms with Crippen LogP contribution in [0.15, 0.2) is 27.1 Å². The first kappa shape index (κ1) is 12.9. The van der Waals surface area contributed by atoms with E-state index < -0.39 is 0 Å². The van der Waals surface area contributed by atoms with Gasteiger partial charge in [0.05, 0.1) is 0 Å². The molecule has 4 heteroatoms. The number of nitrogens with one attached hydrogen (secondary N) is 1. The minimum atomic E-state index is 0.615. The average Bonchev–Trinajstić information content (AvgIpc) is 2.58. The van der Waals surface area contributed by atoms with E-state index in [1.54, 1.807) is 0 Å². The van der Waals surface area contributed by atoms with Gasteiger partial charge in [-0.3, -0.25) is 0 Å². The SMILES string of the molecule is CN1C2CCC1CC(Nc1cc(Br)ccc1Br)C2. The van der Waals surface area contributed by atoms with E-state index in [2.05, 4.69) is 67.3 Å². The van der Waals surface area contributed by atoms with Crippen LogP contribution >= 0.6 is 31.9 Å². The van der Waals surface area contributed by atoms with Crippen LogP contribution in [0.2, 0.25) is 0 Å². The van der Waals surface area contributed by atoms with Crippen LogP contribution in [-0.2, 0) is 0 Å². The molecule has 0 saturated carbocycles. The van der Waals surface area contributed by atoms with Gasteiger partial charge in [0.1, 0.15) is 0 Å². The highest BCUT2D eigenvalue weighted by Crippen LogP contribution is 2.36. The molecule has 2 heterocycles. The quantitative estimate of drug-likeness (QED) is 0.833. The van der Waals surface area contributed by atoms with Crippen molar-refractivity contribution in [1.82, 2.24) is 4.90 Å². The molecule has 1 aromatic rings. The maximum absolute atomic E-state index is 3.71. The topological polar surface area (TPSA) is 15.3 Å². The Balaban J connectivity index is 1.72. The van der Waals surface area contributed by atoms with Crippen LogP contribution in [0.25, 0.3) is 0 Å². The second-order valence-corrected chi connectivity index (χ2v) is 7.26. The largest absolute Gasteiger partial charge is 0.381 e. The van der Waals surface area contributed by atoms with Gasteiger partial charge in [-0.25, -0.2) is 0 Å². The summed E-state index contributed by atoms with van der Waals surface area (Å²) in [7, 11) is 2.29. The lowest BCUT2D eigenvalue weighted by atomic mass is 9.98. The first-order valence-corrected chi connectivity index (χ1v) is 8.15. The highest BCUT2D eigenvalue weighted by atomic mass is 79.9. The van der Waals surface area contributed by atoms with Crippen LogP contribution in [0.1, 0.15) is 25.7 Å². The number of rotatable bonds is 2. The number of hydrogen-bond donors (Lipinski definition) is 1. The molecule has 18 heavy (non-hydrogen) atoms. The summed E-state index contributed by atoms with van der Waals surface area (Å²) in [4.78, 5) is 2.58. The number of hydrogen-bond acceptors (Lipinski definition) is 2. The molecular weight excluding hydrogens is 356 g/mol. The lowest BCUT2D eigenvalue weighted by molar-refractivity contribution is 0.169. The predicted molar refractivity (Wildman–Crippen MR) is 83.1 cm³/mol. The highest BCUT2D eigenvalue weighted by Gasteiger charge is 2.38. The second kappa shape index (κ2) is 5.14. The van der Waals surface area contributed by atoms with E-state index in [9.17, 15) is 0 Å². The minimum Gasteiger partial charge on any atom is -0.381 e. The van der Waals surface area contributed by atoms with E-state index in [-0.39, 0.29) is 0 Å². The lowest BCUT2D eigenvalue weighted by Gasteiger charge is -2.37. The Kier molecular flexibility index (Phi) is 3.70. The summed E-state index contributed by atoms with van der Waals surface area (Å²) < 4.78 is 2.28. The Morgan fingerprint density at radius 1 is 1.17 bits per heavy atom. The third kappa shape index (κ3) is 2.47. The Morgan fingerprint density at radius 3 is 2.50 bits per heavy atom. The molecule has 3 rings (SSSR count). The molecule has 2 unspecified atom stereocenters. The standard InChI is InChI=1S/C14H18Br2N2/c1-18-11-3-4-12(18)8-10(7-11)17-14-6-9(15)2-5-13(14)16/h2,5-6,10-12,17H,3-4,7-8H2,1H3. The molecule has 2 aliphatic rings. The molecule has 2 aliphatic heterocycles. The van der Waals surface area contributed by atoms with Gasteiger partial charge in [0.25, 0.3) is 0 Å². The zero-order chi connectivity index (χ0) is 12.7. The van der Waals surface area contributed by atoms with Crippen molar-refractivity contribution in [2.75, 3.05) is 12.4 Å². The highest BCUT2D eigenvalue weighted by molar-refractivity contribution is 9.11. The third-order valence-electron chi connectivity index (χ3n) is 4.39. The molecule has 2 bridgehead atoms. The van der Waals surface area contributed by atoms with Gasteiger partial charge in [-0.1, -0.05) is 15.9 Å². The molecule has 98 valence electrons. The Bertz CT molecular complexity index is 435. The van der Waals surface area contributed by atoms with Crippen LogP contribution in [0.3, 0.4) is 0 Å². The molecular formula is C14H18Br2N2. The summed E-state index contributed by atoms with van der Waals surface area (Å²) in [6.07, 6.45) is 5.29.